The second-order valence-corrected chi connectivity index (χ2v) is 6.53. The Kier molecular flexibility index (Phi) is 3.95. The van der Waals surface area contributed by atoms with Crippen molar-refractivity contribution in [2.45, 2.75) is 45.8 Å². The van der Waals surface area contributed by atoms with E-state index in [0.717, 1.165) is 16.7 Å². The maximum absolute atomic E-state index is 12.1. The molecule has 1 aliphatic heterocycles. The van der Waals surface area contributed by atoms with Gasteiger partial charge in [0.2, 0.25) is 0 Å². The average molecular weight is 328 g/mol. The minimum absolute atomic E-state index is 0.352. The number of hydrogen-bond acceptors (Lipinski definition) is 5. The summed E-state index contributed by atoms with van der Waals surface area (Å²) in [6, 6.07) is 6.72. The summed E-state index contributed by atoms with van der Waals surface area (Å²) in [5.41, 5.74) is 0.860. The van der Waals surface area contributed by atoms with E-state index in [4.69, 9.17) is 13.9 Å². The third-order valence-electron chi connectivity index (χ3n) is 4.36. The number of esters is 1. The first kappa shape index (κ1) is 16.3. The van der Waals surface area contributed by atoms with Crippen molar-refractivity contribution in [2.75, 3.05) is 0 Å². The molecule has 1 aliphatic rings. The van der Waals surface area contributed by atoms with Crippen LogP contribution in [0, 0.1) is 0 Å². The molecule has 24 heavy (non-hydrogen) atoms. The van der Waals surface area contributed by atoms with Gasteiger partial charge in [-0.1, -0.05) is 6.08 Å². The van der Waals surface area contributed by atoms with Crippen LogP contribution in [0.2, 0.25) is 0 Å². The Morgan fingerprint density at radius 1 is 1.33 bits per heavy atom. The van der Waals surface area contributed by atoms with Gasteiger partial charge < -0.3 is 13.9 Å². The quantitative estimate of drug-likeness (QED) is 0.480. The first-order valence-electron chi connectivity index (χ1n) is 7.90. The summed E-state index contributed by atoms with van der Waals surface area (Å²) >= 11 is 0. The molecule has 1 aromatic heterocycles. The number of carbonyl (C=O) groups excluding carboxylic acids is 1. The van der Waals surface area contributed by atoms with Crippen molar-refractivity contribution in [3.05, 3.63) is 51.9 Å². The van der Waals surface area contributed by atoms with Gasteiger partial charge in [-0.2, -0.15) is 0 Å². The third kappa shape index (κ3) is 2.94. The molecule has 1 atom stereocenters. The van der Waals surface area contributed by atoms with Gasteiger partial charge in [0.25, 0.3) is 0 Å². The fourth-order valence-electron chi connectivity index (χ4n) is 2.71. The molecule has 0 fully saturated rings. The SMILES string of the molecule is CC=C(C)C(=O)O[C@H]1Cc2cc3oc(=O)ccc3cc2OC1(C)C. The lowest BCUT2D eigenvalue weighted by molar-refractivity contribution is -0.156. The summed E-state index contributed by atoms with van der Waals surface area (Å²) < 4.78 is 16.9. The van der Waals surface area contributed by atoms with E-state index in [2.05, 4.69) is 0 Å². The molecule has 126 valence electrons. The minimum Gasteiger partial charge on any atom is -0.484 e. The molecule has 2 heterocycles. The molecule has 5 nitrogen and oxygen atoms in total. The monoisotopic (exact) mass is 328 g/mol. The number of benzene rings is 1. The van der Waals surface area contributed by atoms with Gasteiger partial charge in [-0.3, -0.25) is 0 Å². The third-order valence-corrected chi connectivity index (χ3v) is 4.36. The number of carbonyl (C=O) groups is 1. The molecule has 3 rings (SSSR count). The highest BCUT2D eigenvalue weighted by Crippen LogP contribution is 2.37. The van der Waals surface area contributed by atoms with Crippen LogP contribution in [-0.4, -0.2) is 17.7 Å². The summed E-state index contributed by atoms with van der Waals surface area (Å²) in [5, 5.41) is 0.796. The molecular formula is C19H20O5. The Labute approximate surface area is 139 Å². The molecular weight excluding hydrogens is 308 g/mol. The number of allylic oxidation sites excluding steroid dienone is 1. The van der Waals surface area contributed by atoms with E-state index >= 15 is 0 Å². The normalized spacial score (nSPS) is 19.5. The zero-order valence-electron chi connectivity index (χ0n) is 14.2. The predicted octanol–water partition coefficient (Wildman–Crippen LogP) is 3.38. The van der Waals surface area contributed by atoms with Crippen LogP contribution >= 0.6 is 0 Å². The molecule has 0 saturated heterocycles. The van der Waals surface area contributed by atoms with E-state index < -0.39 is 17.3 Å². The molecule has 5 heteroatoms. The first-order chi connectivity index (χ1) is 11.3. The zero-order chi connectivity index (χ0) is 17.5. The lowest BCUT2D eigenvalue weighted by atomic mass is 9.90. The largest absolute Gasteiger partial charge is 0.484 e. The first-order valence-corrected chi connectivity index (χ1v) is 7.90. The van der Waals surface area contributed by atoms with Crippen LogP contribution in [0.25, 0.3) is 11.0 Å². The van der Waals surface area contributed by atoms with E-state index in [-0.39, 0.29) is 5.97 Å². The van der Waals surface area contributed by atoms with Crippen molar-refractivity contribution in [3.8, 4) is 5.75 Å². The van der Waals surface area contributed by atoms with Gasteiger partial charge in [0.05, 0.1) is 0 Å². The van der Waals surface area contributed by atoms with E-state index in [1.54, 1.807) is 32.1 Å². The topological polar surface area (TPSA) is 65.7 Å². The lowest BCUT2D eigenvalue weighted by Crippen LogP contribution is -2.48. The molecule has 0 N–H and O–H groups in total. The highest BCUT2D eigenvalue weighted by molar-refractivity contribution is 5.88. The van der Waals surface area contributed by atoms with E-state index in [0.29, 0.717) is 17.6 Å². The van der Waals surface area contributed by atoms with Gasteiger partial charge in [0.15, 0.2) is 0 Å². The van der Waals surface area contributed by atoms with Crippen LogP contribution in [0.5, 0.6) is 5.75 Å². The van der Waals surface area contributed by atoms with Crippen LogP contribution in [-0.2, 0) is 16.0 Å². The maximum Gasteiger partial charge on any atom is 0.336 e. The van der Waals surface area contributed by atoms with E-state index in [1.807, 2.05) is 19.9 Å². The van der Waals surface area contributed by atoms with Crippen LogP contribution in [0.4, 0.5) is 0 Å². The number of hydrogen-bond donors (Lipinski definition) is 0. The highest BCUT2D eigenvalue weighted by Gasteiger charge is 2.40. The Hall–Kier alpha value is -2.56. The fraction of sp³-hybridized carbons (Fsp3) is 0.368. The zero-order valence-corrected chi connectivity index (χ0v) is 14.2. The smallest absolute Gasteiger partial charge is 0.336 e. The summed E-state index contributed by atoms with van der Waals surface area (Å²) in [4.78, 5) is 23.5. The van der Waals surface area contributed by atoms with Crippen molar-refractivity contribution in [1.29, 1.82) is 0 Å². The molecule has 0 bridgehead atoms. The number of ether oxygens (including phenoxy) is 2. The summed E-state index contributed by atoms with van der Waals surface area (Å²) in [5.74, 6) is 0.367. The molecule has 0 spiro atoms. The lowest BCUT2D eigenvalue weighted by Gasteiger charge is -2.39. The average Bonchev–Trinajstić information content (AvgIpc) is 2.52. The Morgan fingerprint density at radius 2 is 2.08 bits per heavy atom. The second-order valence-electron chi connectivity index (χ2n) is 6.53. The molecule has 0 amide bonds. The molecule has 0 aliphatic carbocycles. The summed E-state index contributed by atoms with van der Waals surface area (Å²) in [6.45, 7) is 7.31. The van der Waals surface area contributed by atoms with Crippen molar-refractivity contribution in [3.63, 3.8) is 0 Å². The highest BCUT2D eigenvalue weighted by atomic mass is 16.6. The Morgan fingerprint density at radius 3 is 2.79 bits per heavy atom. The van der Waals surface area contributed by atoms with Crippen molar-refractivity contribution < 1.29 is 18.7 Å². The van der Waals surface area contributed by atoms with Gasteiger partial charge in [-0.05, 0) is 45.9 Å². The number of fused-ring (bicyclic) bond motifs is 2. The summed E-state index contributed by atoms with van der Waals surface area (Å²) in [7, 11) is 0. The van der Waals surface area contributed by atoms with Gasteiger partial charge in [0, 0.05) is 29.0 Å². The van der Waals surface area contributed by atoms with Gasteiger partial charge in [-0.15, -0.1) is 0 Å². The number of rotatable bonds is 2. The molecule has 0 saturated carbocycles. The van der Waals surface area contributed by atoms with Crippen LogP contribution < -0.4 is 10.4 Å². The Balaban J connectivity index is 1.97. The van der Waals surface area contributed by atoms with Crippen molar-refractivity contribution in [2.24, 2.45) is 0 Å². The molecule has 0 radical (unpaired) electrons. The standard InChI is InChI=1S/C19H20O5/c1-5-11(2)18(21)23-16-10-13-9-14-12(6-7-17(20)22-14)8-15(13)24-19(16,3)4/h5-9,16H,10H2,1-4H3/t16-/m0/s1. The summed E-state index contributed by atoms with van der Waals surface area (Å²) in [6.07, 6.45) is 1.79. The Bertz CT molecular complexity index is 888. The van der Waals surface area contributed by atoms with E-state index in [1.165, 1.54) is 6.07 Å². The van der Waals surface area contributed by atoms with Crippen molar-refractivity contribution >= 4 is 16.9 Å². The second kappa shape index (κ2) is 5.82. The van der Waals surface area contributed by atoms with E-state index in [9.17, 15) is 9.59 Å². The molecule has 1 aromatic carbocycles. The minimum atomic E-state index is -0.653. The van der Waals surface area contributed by atoms with Crippen LogP contribution in [0.1, 0.15) is 33.3 Å². The van der Waals surface area contributed by atoms with Gasteiger partial charge in [-0.25, -0.2) is 9.59 Å². The maximum atomic E-state index is 12.1. The van der Waals surface area contributed by atoms with Gasteiger partial charge in [0.1, 0.15) is 23.0 Å². The van der Waals surface area contributed by atoms with Gasteiger partial charge >= 0.3 is 11.6 Å². The van der Waals surface area contributed by atoms with Crippen LogP contribution in [0.15, 0.2) is 45.1 Å². The molecule has 2 aromatic rings. The predicted molar refractivity (Wildman–Crippen MR) is 90.2 cm³/mol. The van der Waals surface area contributed by atoms with Crippen LogP contribution in [0.3, 0.4) is 0 Å². The molecule has 0 unspecified atom stereocenters. The fourth-order valence-corrected chi connectivity index (χ4v) is 2.71. The van der Waals surface area contributed by atoms with Crippen molar-refractivity contribution in [1.82, 2.24) is 0 Å².